The third-order valence-electron chi connectivity index (χ3n) is 3.17. The van der Waals surface area contributed by atoms with Gasteiger partial charge in [0.2, 0.25) is 0 Å². The lowest BCUT2D eigenvalue weighted by molar-refractivity contribution is 0.0624. The predicted octanol–water partition coefficient (Wildman–Crippen LogP) is 0.941. The molecule has 1 amide bonds. The molecule has 1 fully saturated rings. The maximum Gasteiger partial charge on any atom is 0.276 e. The van der Waals surface area contributed by atoms with Crippen LogP contribution in [-0.2, 0) is 4.74 Å². The maximum atomic E-state index is 12.2. The minimum absolute atomic E-state index is 0.122. The fourth-order valence-corrected chi connectivity index (χ4v) is 2.12. The van der Waals surface area contributed by atoms with E-state index < -0.39 is 0 Å². The summed E-state index contributed by atoms with van der Waals surface area (Å²) in [7, 11) is 0. The van der Waals surface area contributed by atoms with Crippen LogP contribution in [0.4, 0.5) is 0 Å². The fraction of sp³-hybridized carbons (Fsp3) is 0.214. The van der Waals surface area contributed by atoms with E-state index >= 15 is 0 Å². The molecule has 102 valence electrons. The van der Waals surface area contributed by atoms with Crippen LogP contribution in [0.3, 0.4) is 0 Å². The van der Waals surface area contributed by atoms with Crippen molar-refractivity contribution < 1.29 is 9.53 Å². The van der Waals surface area contributed by atoms with Gasteiger partial charge in [0.15, 0.2) is 0 Å². The highest BCUT2D eigenvalue weighted by Crippen LogP contribution is 2.24. The number of ether oxygens (including phenoxy) is 1. The van der Waals surface area contributed by atoms with Crippen LogP contribution in [-0.4, -0.2) is 34.3 Å². The summed E-state index contributed by atoms with van der Waals surface area (Å²) in [6.07, 6.45) is -0.122. The number of H-pyrrole nitrogens is 1. The van der Waals surface area contributed by atoms with Gasteiger partial charge in [0.05, 0.1) is 6.54 Å². The Kier molecular flexibility index (Phi) is 3.30. The van der Waals surface area contributed by atoms with Crippen molar-refractivity contribution in [3.05, 3.63) is 64.1 Å². The molecule has 1 aromatic heterocycles. The fourth-order valence-electron chi connectivity index (χ4n) is 2.12. The van der Waals surface area contributed by atoms with Crippen molar-refractivity contribution in [3.63, 3.8) is 0 Å². The molecule has 3 rings (SSSR count). The lowest BCUT2D eigenvalue weighted by atomic mass is 10.1. The van der Waals surface area contributed by atoms with Crippen LogP contribution in [0.15, 0.2) is 47.3 Å². The summed E-state index contributed by atoms with van der Waals surface area (Å²) in [4.78, 5) is 24.7. The monoisotopic (exact) mass is 271 g/mol. The number of nitrogens with one attached hydrogen (secondary N) is 1. The van der Waals surface area contributed by atoms with E-state index in [9.17, 15) is 9.59 Å². The van der Waals surface area contributed by atoms with Crippen molar-refractivity contribution in [2.24, 2.45) is 0 Å². The van der Waals surface area contributed by atoms with Gasteiger partial charge in [0.25, 0.3) is 11.5 Å². The largest absolute Gasteiger partial charge is 0.351 e. The zero-order valence-electron chi connectivity index (χ0n) is 10.7. The normalized spacial score (nSPS) is 18.2. The smallest absolute Gasteiger partial charge is 0.276 e. The summed E-state index contributed by atoms with van der Waals surface area (Å²) in [6.45, 7) is 0.697. The van der Waals surface area contributed by atoms with Gasteiger partial charge < -0.3 is 9.64 Å². The second-order valence-electron chi connectivity index (χ2n) is 4.53. The Morgan fingerprint density at radius 2 is 2.05 bits per heavy atom. The second kappa shape index (κ2) is 5.26. The third kappa shape index (κ3) is 2.46. The highest BCUT2D eigenvalue weighted by Gasteiger charge is 2.29. The Labute approximate surface area is 115 Å². The average Bonchev–Trinajstić information content (AvgIpc) is 2.98. The van der Waals surface area contributed by atoms with Gasteiger partial charge in [-0.15, -0.1) is 0 Å². The first kappa shape index (κ1) is 12.6. The zero-order valence-corrected chi connectivity index (χ0v) is 10.7. The van der Waals surface area contributed by atoms with Crippen molar-refractivity contribution in [1.29, 1.82) is 0 Å². The number of hydrogen-bond donors (Lipinski definition) is 1. The summed E-state index contributed by atoms with van der Waals surface area (Å²) in [5.41, 5.74) is 0.917. The quantitative estimate of drug-likeness (QED) is 0.882. The van der Waals surface area contributed by atoms with Crippen LogP contribution in [0.1, 0.15) is 22.2 Å². The molecule has 2 aromatic rings. The maximum absolute atomic E-state index is 12.2. The molecule has 1 saturated heterocycles. The Morgan fingerprint density at radius 3 is 2.75 bits per heavy atom. The van der Waals surface area contributed by atoms with Crippen LogP contribution in [0.2, 0.25) is 0 Å². The molecule has 0 saturated carbocycles. The summed E-state index contributed by atoms with van der Waals surface area (Å²) in [6, 6.07) is 12.4. The summed E-state index contributed by atoms with van der Waals surface area (Å²) in [5, 5.41) is 5.99. The average molecular weight is 271 g/mol. The minimum atomic E-state index is -0.332. The molecule has 2 heterocycles. The Morgan fingerprint density at radius 1 is 1.25 bits per heavy atom. The number of carbonyl (C=O) groups excluding carboxylic acids is 1. The van der Waals surface area contributed by atoms with Crippen molar-refractivity contribution in [1.82, 2.24) is 15.1 Å². The van der Waals surface area contributed by atoms with E-state index in [1.807, 2.05) is 30.3 Å². The van der Waals surface area contributed by atoms with Crippen LogP contribution < -0.4 is 5.56 Å². The number of benzene rings is 1. The predicted molar refractivity (Wildman–Crippen MR) is 71.0 cm³/mol. The van der Waals surface area contributed by atoms with Crippen LogP contribution >= 0.6 is 0 Å². The minimum Gasteiger partial charge on any atom is -0.351 e. The van der Waals surface area contributed by atoms with E-state index in [4.69, 9.17) is 4.74 Å². The Bertz CT molecular complexity index is 648. The first-order valence-electron chi connectivity index (χ1n) is 6.25. The highest BCUT2D eigenvalue weighted by molar-refractivity contribution is 5.92. The van der Waals surface area contributed by atoms with Gasteiger partial charge >= 0.3 is 0 Å². The molecule has 0 bridgehead atoms. The van der Waals surface area contributed by atoms with Crippen LogP contribution in [0.5, 0.6) is 0 Å². The molecule has 6 nitrogen and oxygen atoms in total. The molecule has 1 N–H and O–H groups in total. The molecule has 1 aliphatic rings. The molecule has 0 radical (unpaired) electrons. The molecule has 1 atom stereocenters. The van der Waals surface area contributed by atoms with Gasteiger partial charge in [-0.3, -0.25) is 9.59 Å². The molecular weight excluding hydrogens is 258 g/mol. The number of rotatable bonds is 2. The summed E-state index contributed by atoms with van der Waals surface area (Å²) in [5.74, 6) is -0.250. The Balaban J connectivity index is 1.72. The topological polar surface area (TPSA) is 75.3 Å². The first-order valence-corrected chi connectivity index (χ1v) is 6.25. The molecule has 1 aliphatic heterocycles. The van der Waals surface area contributed by atoms with Gasteiger partial charge in [-0.1, -0.05) is 30.3 Å². The van der Waals surface area contributed by atoms with E-state index in [0.29, 0.717) is 6.54 Å². The van der Waals surface area contributed by atoms with E-state index in [2.05, 4.69) is 10.2 Å². The molecule has 1 aromatic carbocycles. The van der Waals surface area contributed by atoms with Gasteiger partial charge in [-0.2, -0.15) is 5.10 Å². The third-order valence-corrected chi connectivity index (χ3v) is 3.17. The lowest BCUT2D eigenvalue weighted by Gasteiger charge is -2.13. The van der Waals surface area contributed by atoms with E-state index in [1.54, 1.807) is 4.90 Å². The van der Waals surface area contributed by atoms with Gasteiger partial charge in [0.1, 0.15) is 18.5 Å². The van der Waals surface area contributed by atoms with E-state index in [1.165, 1.54) is 12.1 Å². The molecule has 0 aliphatic carbocycles. The van der Waals surface area contributed by atoms with Crippen molar-refractivity contribution in [2.45, 2.75) is 6.10 Å². The number of amides is 1. The molecule has 0 spiro atoms. The molecular formula is C14H13N3O3. The summed E-state index contributed by atoms with van der Waals surface area (Å²) >= 11 is 0. The Hall–Kier alpha value is -2.47. The number of aromatic nitrogens is 2. The van der Waals surface area contributed by atoms with Crippen LogP contribution in [0, 0.1) is 0 Å². The number of carbonyl (C=O) groups is 1. The zero-order chi connectivity index (χ0) is 13.9. The molecule has 1 unspecified atom stereocenters. The molecule has 20 heavy (non-hydrogen) atoms. The summed E-state index contributed by atoms with van der Waals surface area (Å²) < 4.78 is 5.62. The van der Waals surface area contributed by atoms with E-state index in [0.717, 1.165) is 5.56 Å². The first-order chi connectivity index (χ1) is 9.74. The number of hydrogen-bond acceptors (Lipinski definition) is 4. The van der Waals surface area contributed by atoms with Gasteiger partial charge in [0, 0.05) is 6.07 Å². The van der Waals surface area contributed by atoms with Gasteiger partial charge in [-0.25, -0.2) is 5.10 Å². The van der Waals surface area contributed by atoms with E-state index in [-0.39, 0.29) is 30.0 Å². The standard InChI is InChI=1S/C14H13N3O3/c18-13-7-6-11(15-16-13)14(19)17-8-12(20-9-17)10-4-2-1-3-5-10/h1-7,12H,8-9H2,(H,16,18). The SMILES string of the molecule is O=C(c1ccc(=O)[nH]n1)N1COC(c2ccccc2)C1. The second-order valence-corrected chi connectivity index (χ2v) is 4.53. The van der Waals surface area contributed by atoms with Crippen molar-refractivity contribution in [2.75, 3.05) is 13.3 Å². The van der Waals surface area contributed by atoms with Gasteiger partial charge in [-0.05, 0) is 11.6 Å². The highest BCUT2D eigenvalue weighted by atomic mass is 16.5. The van der Waals surface area contributed by atoms with Crippen molar-refractivity contribution >= 4 is 5.91 Å². The van der Waals surface area contributed by atoms with Crippen molar-refractivity contribution in [3.8, 4) is 0 Å². The number of nitrogens with zero attached hydrogens (tertiary/aromatic N) is 2. The number of aromatic amines is 1. The lowest BCUT2D eigenvalue weighted by Crippen LogP contribution is -2.30. The molecule has 6 heteroatoms. The van der Waals surface area contributed by atoms with Crippen LogP contribution in [0.25, 0.3) is 0 Å².